The molecule has 0 radical (unpaired) electrons. The first-order valence-corrected chi connectivity index (χ1v) is 7.75. The topological polar surface area (TPSA) is 63.8 Å². The van der Waals surface area contributed by atoms with Gasteiger partial charge in [-0.3, -0.25) is 4.98 Å². The van der Waals surface area contributed by atoms with Gasteiger partial charge >= 0.3 is 0 Å². The van der Waals surface area contributed by atoms with Crippen LogP contribution in [-0.2, 0) is 0 Å². The first-order chi connectivity index (χ1) is 9.55. The van der Waals surface area contributed by atoms with Gasteiger partial charge in [-0.15, -0.1) is 0 Å². The molecule has 1 aliphatic carbocycles. The maximum Gasteiger partial charge on any atom is 0.147 e. The van der Waals surface area contributed by atoms with E-state index in [-0.39, 0.29) is 0 Å². The van der Waals surface area contributed by atoms with Gasteiger partial charge < -0.3 is 11.1 Å². The molecule has 2 aromatic heterocycles. The molecule has 20 heavy (non-hydrogen) atoms. The molecule has 0 amide bonds. The molecule has 1 fully saturated rings. The van der Waals surface area contributed by atoms with E-state index in [1.807, 2.05) is 18.3 Å². The summed E-state index contributed by atoms with van der Waals surface area (Å²) < 4.78 is 4.30. The molecule has 106 valence electrons. The molecule has 1 saturated carbocycles. The van der Waals surface area contributed by atoms with Crippen molar-refractivity contribution in [3.63, 3.8) is 0 Å². The van der Waals surface area contributed by atoms with Gasteiger partial charge in [-0.2, -0.15) is 4.37 Å². The number of nitrogen functional groups attached to an aromatic ring is 1. The number of pyridine rings is 1. The minimum Gasteiger partial charge on any atom is -0.382 e. The van der Waals surface area contributed by atoms with E-state index in [2.05, 4.69) is 28.5 Å². The highest BCUT2D eigenvalue weighted by molar-refractivity contribution is 7.11. The summed E-state index contributed by atoms with van der Waals surface area (Å²) in [4.78, 5) is 4.17. The van der Waals surface area contributed by atoms with E-state index in [1.165, 1.54) is 30.8 Å². The van der Waals surface area contributed by atoms with Gasteiger partial charge in [0.25, 0.3) is 0 Å². The molecular formula is C15H20N4S. The second-order valence-electron chi connectivity index (χ2n) is 6.26. The number of nitrogens with zero attached hydrogens (tertiary/aromatic N) is 2. The number of rotatable bonds is 3. The molecule has 1 aliphatic rings. The number of nitrogens with one attached hydrogen (secondary N) is 1. The number of aromatic nitrogens is 2. The van der Waals surface area contributed by atoms with Crippen molar-refractivity contribution in [3.8, 4) is 11.1 Å². The molecule has 3 rings (SSSR count). The number of nitrogens with two attached hydrogens (primary N) is 1. The van der Waals surface area contributed by atoms with Crippen LogP contribution in [0.3, 0.4) is 0 Å². The molecule has 0 bridgehead atoms. The lowest BCUT2D eigenvalue weighted by atomic mass is 9.92. The summed E-state index contributed by atoms with van der Waals surface area (Å²) in [5.41, 5.74) is 8.49. The van der Waals surface area contributed by atoms with E-state index >= 15 is 0 Å². The van der Waals surface area contributed by atoms with Gasteiger partial charge in [-0.1, -0.05) is 19.9 Å². The Morgan fingerprint density at radius 1 is 1.45 bits per heavy atom. The second-order valence-corrected chi connectivity index (χ2v) is 7.04. The third-order valence-corrected chi connectivity index (χ3v) is 4.77. The summed E-state index contributed by atoms with van der Waals surface area (Å²) in [6.07, 6.45) is 7.27. The molecule has 2 aromatic rings. The third-order valence-electron chi connectivity index (χ3n) is 3.97. The number of anilines is 2. The van der Waals surface area contributed by atoms with Crippen molar-refractivity contribution in [2.24, 2.45) is 5.41 Å². The Hall–Kier alpha value is -1.62. The average Bonchev–Trinajstić information content (AvgIpc) is 2.94. The molecule has 1 atom stereocenters. The zero-order chi connectivity index (χ0) is 14.2. The van der Waals surface area contributed by atoms with Gasteiger partial charge in [0.2, 0.25) is 0 Å². The summed E-state index contributed by atoms with van der Waals surface area (Å²) in [6.45, 7) is 4.66. The Morgan fingerprint density at radius 3 is 2.95 bits per heavy atom. The van der Waals surface area contributed by atoms with Crippen LogP contribution in [0.15, 0.2) is 24.5 Å². The Labute approximate surface area is 123 Å². The normalized spacial score (nSPS) is 21.0. The molecular weight excluding hydrogens is 268 g/mol. The SMILES string of the molecule is CC1(C)CCC(Nc2snc(N)c2-c2cccnc2)C1. The van der Waals surface area contributed by atoms with Crippen LogP contribution < -0.4 is 11.1 Å². The van der Waals surface area contributed by atoms with E-state index in [0.717, 1.165) is 16.1 Å². The molecule has 0 aromatic carbocycles. The van der Waals surface area contributed by atoms with Crippen molar-refractivity contribution >= 4 is 22.4 Å². The van der Waals surface area contributed by atoms with Crippen LogP contribution in [-0.4, -0.2) is 15.4 Å². The fourth-order valence-electron chi connectivity index (χ4n) is 2.94. The molecule has 0 saturated heterocycles. The molecule has 5 heteroatoms. The van der Waals surface area contributed by atoms with E-state index < -0.39 is 0 Å². The minimum absolute atomic E-state index is 0.433. The predicted octanol–water partition coefficient (Wildman–Crippen LogP) is 3.78. The van der Waals surface area contributed by atoms with Crippen LogP contribution in [0, 0.1) is 5.41 Å². The first-order valence-electron chi connectivity index (χ1n) is 6.97. The lowest BCUT2D eigenvalue weighted by Crippen LogP contribution is -2.17. The van der Waals surface area contributed by atoms with Gasteiger partial charge in [-0.25, -0.2) is 0 Å². The van der Waals surface area contributed by atoms with Gasteiger partial charge in [0.1, 0.15) is 10.8 Å². The predicted molar refractivity (Wildman–Crippen MR) is 84.8 cm³/mol. The first kappa shape index (κ1) is 13.4. The zero-order valence-electron chi connectivity index (χ0n) is 11.9. The standard InChI is InChI=1S/C15H20N4S/c1-15(2)6-5-11(8-15)18-14-12(13(16)19-20-14)10-4-3-7-17-9-10/h3-4,7,9,11,18H,5-6,8H2,1-2H3,(H2,16,19). The molecule has 0 aliphatic heterocycles. The van der Waals surface area contributed by atoms with Gasteiger partial charge in [-0.05, 0) is 42.3 Å². The maximum absolute atomic E-state index is 6.03. The van der Waals surface area contributed by atoms with Crippen LogP contribution in [0.25, 0.3) is 11.1 Å². The summed E-state index contributed by atoms with van der Waals surface area (Å²) in [7, 11) is 0. The zero-order valence-corrected chi connectivity index (χ0v) is 12.7. The van der Waals surface area contributed by atoms with Gasteiger partial charge in [0, 0.05) is 24.0 Å². The van der Waals surface area contributed by atoms with Crippen molar-refractivity contribution in [2.45, 2.75) is 39.2 Å². The summed E-state index contributed by atoms with van der Waals surface area (Å²) in [5, 5.41) is 4.70. The van der Waals surface area contributed by atoms with Crippen molar-refractivity contribution in [2.75, 3.05) is 11.1 Å². The molecule has 1 unspecified atom stereocenters. The highest BCUT2D eigenvalue weighted by atomic mass is 32.1. The summed E-state index contributed by atoms with van der Waals surface area (Å²) >= 11 is 1.44. The highest BCUT2D eigenvalue weighted by Gasteiger charge is 2.31. The van der Waals surface area contributed by atoms with Gasteiger partial charge in [0.15, 0.2) is 0 Å². The quantitative estimate of drug-likeness (QED) is 0.902. The van der Waals surface area contributed by atoms with E-state index in [0.29, 0.717) is 17.3 Å². The van der Waals surface area contributed by atoms with E-state index in [4.69, 9.17) is 5.73 Å². The minimum atomic E-state index is 0.433. The van der Waals surface area contributed by atoms with Crippen molar-refractivity contribution in [3.05, 3.63) is 24.5 Å². The summed E-state index contributed by atoms with van der Waals surface area (Å²) in [5.74, 6) is 0.586. The van der Waals surface area contributed by atoms with Crippen LogP contribution in [0.1, 0.15) is 33.1 Å². The third kappa shape index (κ3) is 2.63. The average molecular weight is 288 g/mol. The largest absolute Gasteiger partial charge is 0.382 e. The van der Waals surface area contributed by atoms with Crippen molar-refractivity contribution in [1.82, 2.24) is 9.36 Å². The van der Waals surface area contributed by atoms with Gasteiger partial charge in [0.05, 0.1) is 5.56 Å². The molecule has 3 N–H and O–H groups in total. The van der Waals surface area contributed by atoms with Crippen LogP contribution in [0.2, 0.25) is 0 Å². The fraction of sp³-hybridized carbons (Fsp3) is 0.467. The lowest BCUT2D eigenvalue weighted by molar-refractivity contribution is 0.378. The monoisotopic (exact) mass is 288 g/mol. The fourth-order valence-corrected chi connectivity index (χ4v) is 3.75. The van der Waals surface area contributed by atoms with Crippen LogP contribution in [0.4, 0.5) is 10.8 Å². The smallest absolute Gasteiger partial charge is 0.147 e. The number of hydrogen-bond acceptors (Lipinski definition) is 5. The molecule has 2 heterocycles. The van der Waals surface area contributed by atoms with Crippen LogP contribution in [0.5, 0.6) is 0 Å². The molecule has 0 spiro atoms. The molecule has 4 nitrogen and oxygen atoms in total. The van der Waals surface area contributed by atoms with Crippen LogP contribution >= 0.6 is 11.5 Å². The van der Waals surface area contributed by atoms with E-state index in [9.17, 15) is 0 Å². The van der Waals surface area contributed by atoms with Crippen molar-refractivity contribution in [1.29, 1.82) is 0 Å². The summed E-state index contributed by atoms with van der Waals surface area (Å²) in [6, 6.07) is 4.46. The Balaban J connectivity index is 1.85. The maximum atomic E-state index is 6.03. The highest BCUT2D eigenvalue weighted by Crippen LogP contribution is 2.42. The second kappa shape index (κ2) is 5.05. The van der Waals surface area contributed by atoms with Crippen molar-refractivity contribution < 1.29 is 0 Å². The van der Waals surface area contributed by atoms with E-state index in [1.54, 1.807) is 6.20 Å². The Kier molecular flexibility index (Phi) is 3.38. The lowest BCUT2D eigenvalue weighted by Gasteiger charge is -2.18. The Bertz CT molecular complexity index is 591. The Morgan fingerprint density at radius 2 is 2.30 bits per heavy atom. The number of hydrogen-bond donors (Lipinski definition) is 2.